The Hall–Kier alpha value is -0.980. The normalized spacial score (nSPS) is 17.0. The van der Waals surface area contributed by atoms with Crippen molar-refractivity contribution >= 4 is 10.0 Å². The first kappa shape index (κ1) is 16.4. The number of piperidine rings is 1. The van der Waals surface area contributed by atoms with E-state index >= 15 is 0 Å². The molecule has 6 heteroatoms. The van der Waals surface area contributed by atoms with E-state index in [-0.39, 0.29) is 4.90 Å². The van der Waals surface area contributed by atoms with E-state index < -0.39 is 15.8 Å². The van der Waals surface area contributed by atoms with Crippen LogP contribution in [0.25, 0.3) is 0 Å². The Morgan fingerprint density at radius 3 is 2.62 bits per heavy atom. The van der Waals surface area contributed by atoms with Crippen molar-refractivity contribution in [2.45, 2.75) is 37.5 Å². The number of aryl methyl sites for hydroxylation is 1. The average Bonchev–Trinajstić information content (AvgIpc) is 2.44. The number of hydrogen-bond acceptors (Lipinski definition) is 3. The largest absolute Gasteiger partial charge is 0.303 e. The molecule has 0 unspecified atom stereocenters. The molecule has 0 amide bonds. The number of sulfonamides is 1. The second-order valence-corrected chi connectivity index (χ2v) is 7.30. The fraction of sp³-hybridized carbons (Fsp3) is 0.600. The molecule has 1 aromatic rings. The zero-order valence-corrected chi connectivity index (χ0v) is 13.3. The summed E-state index contributed by atoms with van der Waals surface area (Å²) in [6.45, 7) is 5.17. The fourth-order valence-electron chi connectivity index (χ4n) is 2.68. The van der Waals surface area contributed by atoms with E-state index in [4.69, 9.17) is 0 Å². The van der Waals surface area contributed by atoms with Gasteiger partial charge in [0.2, 0.25) is 10.0 Å². The summed E-state index contributed by atoms with van der Waals surface area (Å²) in [6, 6.07) is 3.73. The molecule has 4 nitrogen and oxygen atoms in total. The smallest absolute Gasteiger partial charge is 0.240 e. The molecule has 21 heavy (non-hydrogen) atoms. The minimum atomic E-state index is -3.55. The van der Waals surface area contributed by atoms with E-state index in [1.807, 2.05) is 0 Å². The zero-order chi connectivity index (χ0) is 15.3. The summed E-state index contributed by atoms with van der Waals surface area (Å²) in [5.41, 5.74) is 0.429. The molecule has 1 aliphatic rings. The highest BCUT2D eigenvalue weighted by Crippen LogP contribution is 2.16. The molecule has 0 spiro atoms. The van der Waals surface area contributed by atoms with Crippen LogP contribution in [0.1, 0.15) is 31.2 Å². The van der Waals surface area contributed by atoms with E-state index in [1.165, 1.54) is 37.5 Å². The lowest BCUT2D eigenvalue weighted by Crippen LogP contribution is -2.33. The second kappa shape index (κ2) is 7.33. The maximum atomic E-state index is 13.0. The third kappa shape index (κ3) is 4.76. The highest BCUT2D eigenvalue weighted by atomic mass is 32.2. The number of hydrogen-bond donors (Lipinski definition) is 1. The van der Waals surface area contributed by atoms with Gasteiger partial charge in [-0.15, -0.1) is 0 Å². The van der Waals surface area contributed by atoms with Crippen LogP contribution in [0.4, 0.5) is 4.39 Å². The third-order valence-electron chi connectivity index (χ3n) is 3.82. The summed E-state index contributed by atoms with van der Waals surface area (Å²) in [4.78, 5) is 2.53. The van der Waals surface area contributed by atoms with Crippen molar-refractivity contribution in [1.82, 2.24) is 9.62 Å². The minimum absolute atomic E-state index is 0.155. The Bertz CT molecular complexity index is 569. The van der Waals surface area contributed by atoms with Gasteiger partial charge < -0.3 is 4.90 Å². The lowest BCUT2D eigenvalue weighted by molar-refractivity contribution is 0.227. The van der Waals surface area contributed by atoms with Gasteiger partial charge >= 0.3 is 0 Å². The standard InChI is InChI=1S/C15H23FN2O2S/c1-13-12-14(16)6-7-15(13)21(19,20)17-8-5-11-18-9-3-2-4-10-18/h6-7,12,17H,2-5,8-11H2,1H3. The lowest BCUT2D eigenvalue weighted by Gasteiger charge is -2.26. The van der Waals surface area contributed by atoms with Gasteiger partial charge in [-0.05, 0) is 69.6 Å². The third-order valence-corrected chi connectivity index (χ3v) is 5.44. The summed E-state index contributed by atoms with van der Waals surface area (Å²) in [6.07, 6.45) is 4.56. The van der Waals surface area contributed by atoms with Crippen LogP contribution in [-0.4, -0.2) is 39.5 Å². The van der Waals surface area contributed by atoms with E-state index in [2.05, 4.69) is 9.62 Å². The first-order valence-corrected chi connectivity index (χ1v) is 8.95. The maximum Gasteiger partial charge on any atom is 0.240 e. The lowest BCUT2D eigenvalue weighted by atomic mass is 10.1. The Morgan fingerprint density at radius 1 is 1.24 bits per heavy atom. The number of rotatable bonds is 6. The number of nitrogens with one attached hydrogen (secondary N) is 1. The second-order valence-electron chi connectivity index (χ2n) is 5.56. The van der Waals surface area contributed by atoms with Crippen LogP contribution in [0.3, 0.4) is 0 Å². The van der Waals surface area contributed by atoms with Gasteiger partial charge in [-0.25, -0.2) is 17.5 Å². The van der Waals surface area contributed by atoms with Crippen LogP contribution in [-0.2, 0) is 10.0 Å². The molecule has 2 rings (SSSR count). The Balaban J connectivity index is 1.83. The van der Waals surface area contributed by atoms with Gasteiger partial charge in [-0.2, -0.15) is 0 Å². The molecule has 118 valence electrons. The summed E-state index contributed by atoms with van der Waals surface area (Å²) < 4.78 is 40.0. The molecule has 1 saturated heterocycles. The molecular weight excluding hydrogens is 291 g/mol. The average molecular weight is 314 g/mol. The molecule has 0 saturated carbocycles. The highest BCUT2D eigenvalue weighted by molar-refractivity contribution is 7.89. The Kier molecular flexibility index (Phi) is 5.72. The van der Waals surface area contributed by atoms with Gasteiger partial charge in [0, 0.05) is 6.54 Å². The minimum Gasteiger partial charge on any atom is -0.303 e. The molecule has 1 heterocycles. The number of nitrogens with zero attached hydrogens (tertiary/aromatic N) is 1. The first-order valence-electron chi connectivity index (χ1n) is 7.47. The molecule has 0 radical (unpaired) electrons. The van der Waals surface area contributed by atoms with Gasteiger partial charge in [0.1, 0.15) is 5.82 Å². The van der Waals surface area contributed by atoms with Gasteiger partial charge in [-0.1, -0.05) is 6.42 Å². The van der Waals surface area contributed by atoms with Crippen molar-refractivity contribution in [1.29, 1.82) is 0 Å². The Labute approximate surface area is 126 Å². The van der Waals surface area contributed by atoms with Crippen molar-refractivity contribution in [2.24, 2.45) is 0 Å². The monoisotopic (exact) mass is 314 g/mol. The molecule has 1 fully saturated rings. The first-order chi connectivity index (χ1) is 9.99. The molecular formula is C15H23FN2O2S. The van der Waals surface area contributed by atoms with Gasteiger partial charge in [0.25, 0.3) is 0 Å². The molecule has 1 aliphatic heterocycles. The molecule has 0 bridgehead atoms. The van der Waals surface area contributed by atoms with Crippen LogP contribution in [0, 0.1) is 12.7 Å². The van der Waals surface area contributed by atoms with Crippen molar-refractivity contribution < 1.29 is 12.8 Å². The van der Waals surface area contributed by atoms with Gasteiger partial charge in [0.15, 0.2) is 0 Å². The topological polar surface area (TPSA) is 49.4 Å². The van der Waals surface area contributed by atoms with Crippen molar-refractivity contribution in [3.05, 3.63) is 29.6 Å². The highest BCUT2D eigenvalue weighted by Gasteiger charge is 2.17. The molecule has 0 atom stereocenters. The van der Waals surface area contributed by atoms with Crippen LogP contribution in [0.15, 0.2) is 23.1 Å². The quantitative estimate of drug-likeness (QED) is 0.820. The molecule has 0 aliphatic carbocycles. The predicted octanol–water partition coefficient (Wildman–Crippen LogP) is 2.29. The van der Waals surface area contributed by atoms with Gasteiger partial charge in [-0.3, -0.25) is 0 Å². The van der Waals surface area contributed by atoms with Crippen LogP contribution in [0.5, 0.6) is 0 Å². The SMILES string of the molecule is Cc1cc(F)ccc1S(=O)(=O)NCCCN1CCCCC1. The summed E-state index contributed by atoms with van der Waals surface area (Å²) in [7, 11) is -3.55. The van der Waals surface area contributed by atoms with Gasteiger partial charge in [0.05, 0.1) is 4.90 Å². The fourth-order valence-corrected chi connectivity index (χ4v) is 3.98. The van der Waals surface area contributed by atoms with Crippen LogP contribution < -0.4 is 4.72 Å². The van der Waals surface area contributed by atoms with Crippen molar-refractivity contribution in [3.8, 4) is 0 Å². The molecule has 1 N–H and O–H groups in total. The summed E-state index contributed by atoms with van der Waals surface area (Å²) in [5, 5.41) is 0. The zero-order valence-electron chi connectivity index (χ0n) is 12.4. The summed E-state index contributed by atoms with van der Waals surface area (Å²) in [5.74, 6) is -0.420. The van der Waals surface area contributed by atoms with E-state index in [9.17, 15) is 12.8 Å². The Morgan fingerprint density at radius 2 is 1.95 bits per heavy atom. The predicted molar refractivity (Wildman–Crippen MR) is 81.2 cm³/mol. The van der Waals surface area contributed by atoms with E-state index in [1.54, 1.807) is 6.92 Å². The van der Waals surface area contributed by atoms with E-state index in [0.717, 1.165) is 26.1 Å². The number of likely N-dealkylation sites (tertiary alicyclic amines) is 1. The van der Waals surface area contributed by atoms with Crippen LogP contribution >= 0.6 is 0 Å². The van der Waals surface area contributed by atoms with Crippen LogP contribution in [0.2, 0.25) is 0 Å². The van der Waals surface area contributed by atoms with E-state index in [0.29, 0.717) is 12.1 Å². The molecule has 0 aromatic heterocycles. The van der Waals surface area contributed by atoms with Crippen molar-refractivity contribution in [3.63, 3.8) is 0 Å². The molecule has 1 aromatic carbocycles. The summed E-state index contributed by atoms with van der Waals surface area (Å²) >= 11 is 0. The maximum absolute atomic E-state index is 13.0. The number of halogens is 1. The number of benzene rings is 1. The van der Waals surface area contributed by atoms with Crippen molar-refractivity contribution in [2.75, 3.05) is 26.2 Å².